The van der Waals surface area contributed by atoms with E-state index in [0.29, 0.717) is 5.39 Å². The van der Waals surface area contributed by atoms with Crippen molar-refractivity contribution in [2.24, 2.45) is 5.73 Å². The first kappa shape index (κ1) is 12.9. The molecular formula is C12H11F4NO. The maximum Gasteiger partial charge on any atom is 0.389 e. The summed E-state index contributed by atoms with van der Waals surface area (Å²) in [5.74, 6) is -0.388. The molecule has 6 heteroatoms. The van der Waals surface area contributed by atoms with Crippen molar-refractivity contribution in [1.29, 1.82) is 0 Å². The van der Waals surface area contributed by atoms with E-state index >= 15 is 0 Å². The Morgan fingerprint density at radius 2 is 2.00 bits per heavy atom. The third-order valence-corrected chi connectivity index (χ3v) is 2.62. The van der Waals surface area contributed by atoms with Crippen LogP contribution in [0.2, 0.25) is 0 Å². The zero-order valence-corrected chi connectivity index (χ0v) is 9.30. The molecule has 0 fully saturated rings. The van der Waals surface area contributed by atoms with Crippen LogP contribution in [0.15, 0.2) is 28.7 Å². The molecule has 2 aromatic rings. The normalized spacial score (nSPS) is 14.1. The Morgan fingerprint density at radius 3 is 2.61 bits per heavy atom. The van der Waals surface area contributed by atoms with Crippen LogP contribution in [0, 0.1) is 5.82 Å². The Bertz CT molecular complexity index is 546. The number of para-hydroxylation sites is 1. The highest BCUT2D eigenvalue weighted by atomic mass is 19.4. The number of halogens is 4. The van der Waals surface area contributed by atoms with Crippen molar-refractivity contribution >= 4 is 11.0 Å². The van der Waals surface area contributed by atoms with Gasteiger partial charge in [0.25, 0.3) is 0 Å². The van der Waals surface area contributed by atoms with Crippen LogP contribution in [0.1, 0.15) is 24.6 Å². The van der Waals surface area contributed by atoms with E-state index in [4.69, 9.17) is 10.2 Å². The van der Waals surface area contributed by atoms with E-state index in [9.17, 15) is 17.6 Å². The molecule has 0 radical (unpaired) electrons. The summed E-state index contributed by atoms with van der Waals surface area (Å²) in [6.07, 6.45) is -5.53. The second-order valence-corrected chi connectivity index (χ2v) is 4.07. The van der Waals surface area contributed by atoms with Crippen LogP contribution >= 0.6 is 0 Å². The highest BCUT2D eigenvalue weighted by Crippen LogP contribution is 2.30. The van der Waals surface area contributed by atoms with Gasteiger partial charge >= 0.3 is 6.18 Å². The first-order valence-corrected chi connectivity index (χ1v) is 5.37. The third-order valence-electron chi connectivity index (χ3n) is 2.62. The zero-order chi connectivity index (χ0) is 13.3. The number of rotatable bonds is 3. The number of furan rings is 1. The number of nitrogens with two attached hydrogens (primary N) is 1. The summed E-state index contributed by atoms with van der Waals surface area (Å²) in [4.78, 5) is 0. The summed E-state index contributed by atoms with van der Waals surface area (Å²) in [7, 11) is 0. The fourth-order valence-corrected chi connectivity index (χ4v) is 1.69. The van der Waals surface area contributed by atoms with Gasteiger partial charge in [-0.1, -0.05) is 12.1 Å². The van der Waals surface area contributed by atoms with Gasteiger partial charge in [-0.3, -0.25) is 0 Å². The predicted octanol–water partition coefficient (Wildman–Crippen LogP) is 3.91. The average Bonchev–Trinajstić information content (AvgIpc) is 2.70. The molecule has 2 N–H and O–H groups in total. The van der Waals surface area contributed by atoms with Crippen LogP contribution in [0.3, 0.4) is 0 Å². The maximum absolute atomic E-state index is 13.3. The Kier molecular flexibility index (Phi) is 3.30. The van der Waals surface area contributed by atoms with E-state index in [1.165, 1.54) is 18.2 Å². The molecule has 0 amide bonds. The van der Waals surface area contributed by atoms with Gasteiger partial charge < -0.3 is 10.2 Å². The molecule has 0 spiro atoms. The Balaban J connectivity index is 2.18. The van der Waals surface area contributed by atoms with Crippen molar-refractivity contribution in [3.05, 3.63) is 35.8 Å². The number of hydrogen-bond acceptors (Lipinski definition) is 2. The molecule has 1 heterocycles. The molecule has 0 saturated carbocycles. The Hall–Kier alpha value is -1.56. The van der Waals surface area contributed by atoms with Gasteiger partial charge in [0, 0.05) is 11.8 Å². The SMILES string of the molecule is NC(CCC(F)(F)F)c1cc2cccc(F)c2o1. The molecule has 0 saturated heterocycles. The lowest BCUT2D eigenvalue weighted by Crippen LogP contribution is -2.15. The summed E-state index contributed by atoms with van der Waals surface area (Å²) in [5.41, 5.74) is 5.62. The highest BCUT2D eigenvalue weighted by Gasteiger charge is 2.28. The van der Waals surface area contributed by atoms with E-state index < -0.39 is 24.5 Å². The Morgan fingerprint density at radius 1 is 1.28 bits per heavy atom. The first-order valence-electron chi connectivity index (χ1n) is 5.37. The fraction of sp³-hybridized carbons (Fsp3) is 0.333. The topological polar surface area (TPSA) is 39.2 Å². The number of fused-ring (bicyclic) bond motifs is 1. The quantitative estimate of drug-likeness (QED) is 0.850. The summed E-state index contributed by atoms with van der Waals surface area (Å²) < 4.78 is 54.6. The van der Waals surface area contributed by atoms with Crippen LogP contribution in [0.5, 0.6) is 0 Å². The number of alkyl halides is 3. The van der Waals surface area contributed by atoms with E-state index in [-0.39, 0.29) is 17.8 Å². The number of benzene rings is 1. The molecule has 0 aliphatic rings. The minimum atomic E-state index is -4.26. The van der Waals surface area contributed by atoms with E-state index in [2.05, 4.69) is 0 Å². The standard InChI is InChI=1S/C12H11F4NO/c13-8-3-1-2-7-6-10(18-11(7)8)9(17)4-5-12(14,15)16/h1-3,6,9H,4-5,17H2. The number of hydrogen-bond donors (Lipinski definition) is 1. The lowest BCUT2D eigenvalue weighted by Gasteiger charge is -2.10. The van der Waals surface area contributed by atoms with Crippen molar-refractivity contribution in [2.45, 2.75) is 25.1 Å². The second kappa shape index (κ2) is 4.61. The van der Waals surface area contributed by atoms with Crippen molar-refractivity contribution in [3.63, 3.8) is 0 Å². The van der Waals surface area contributed by atoms with Crippen molar-refractivity contribution < 1.29 is 22.0 Å². The third kappa shape index (κ3) is 2.81. The minimum Gasteiger partial charge on any atom is -0.456 e. The van der Waals surface area contributed by atoms with Crippen LogP contribution in [-0.2, 0) is 0 Å². The zero-order valence-electron chi connectivity index (χ0n) is 9.30. The molecule has 0 aliphatic carbocycles. The van der Waals surface area contributed by atoms with Crippen molar-refractivity contribution in [3.8, 4) is 0 Å². The van der Waals surface area contributed by atoms with Gasteiger partial charge in [-0.2, -0.15) is 13.2 Å². The molecule has 1 atom stereocenters. The summed E-state index contributed by atoms with van der Waals surface area (Å²) in [6, 6.07) is 4.91. The lowest BCUT2D eigenvalue weighted by molar-refractivity contribution is -0.136. The van der Waals surface area contributed by atoms with Gasteiger partial charge in [0.1, 0.15) is 5.76 Å². The molecule has 2 rings (SSSR count). The minimum absolute atomic E-state index is 0.0231. The molecule has 0 aliphatic heterocycles. The summed E-state index contributed by atoms with van der Waals surface area (Å²) in [5, 5.41) is 0.493. The lowest BCUT2D eigenvalue weighted by atomic mass is 10.1. The molecule has 0 bridgehead atoms. The Labute approximate surface area is 100 Å². The van der Waals surface area contributed by atoms with Crippen LogP contribution in [0.25, 0.3) is 11.0 Å². The van der Waals surface area contributed by atoms with E-state index in [1.807, 2.05) is 0 Å². The van der Waals surface area contributed by atoms with Crippen molar-refractivity contribution in [1.82, 2.24) is 0 Å². The van der Waals surface area contributed by atoms with Gasteiger partial charge in [-0.05, 0) is 18.6 Å². The molecule has 1 aromatic carbocycles. The van der Waals surface area contributed by atoms with Crippen LogP contribution in [0.4, 0.5) is 17.6 Å². The van der Waals surface area contributed by atoms with Gasteiger partial charge in [-0.15, -0.1) is 0 Å². The van der Waals surface area contributed by atoms with Gasteiger partial charge in [-0.25, -0.2) is 4.39 Å². The van der Waals surface area contributed by atoms with Gasteiger partial charge in [0.2, 0.25) is 0 Å². The molecular weight excluding hydrogens is 250 g/mol. The predicted molar refractivity (Wildman–Crippen MR) is 58.4 cm³/mol. The smallest absolute Gasteiger partial charge is 0.389 e. The van der Waals surface area contributed by atoms with Gasteiger partial charge in [0.05, 0.1) is 6.04 Å². The first-order chi connectivity index (χ1) is 8.37. The summed E-state index contributed by atoms with van der Waals surface area (Å²) in [6.45, 7) is 0. The maximum atomic E-state index is 13.3. The monoisotopic (exact) mass is 261 g/mol. The molecule has 18 heavy (non-hydrogen) atoms. The van der Waals surface area contributed by atoms with Gasteiger partial charge in [0.15, 0.2) is 11.4 Å². The average molecular weight is 261 g/mol. The molecule has 1 unspecified atom stereocenters. The second-order valence-electron chi connectivity index (χ2n) is 4.07. The van der Waals surface area contributed by atoms with Crippen molar-refractivity contribution in [2.75, 3.05) is 0 Å². The summed E-state index contributed by atoms with van der Waals surface area (Å²) >= 11 is 0. The van der Waals surface area contributed by atoms with E-state index in [0.717, 1.165) is 0 Å². The van der Waals surface area contributed by atoms with E-state index in [1.54, 1.807) is 6.07 Å². The molecule has 2 nitrogen and oxygen atoms in total. The highest BCUT2D eigenvalue weighted by molar-refractivity contribution is 5.78. The molecule has 98 valence electrons. The van der Waals surface area contributed by atoms with Crippen LogP contribution < -0.4 is 5.73 Å². The fourth-order valence-electron chi connectivity index (χ4n) is 1.69. The van der Waals surface area contributed by atoms with Crippen LogP contribution in [-0.4, -0.2) is 6.18 Å². The largest absolute Gasteiger partial charge is 0.456 e. The molecule has 1 aromatic heterocycles.